The van der Waals surface area contributed by atoms with E-state index in [4.69, 9.17) is 5.84 Å². The van der Waals surface area contributed by atoms with Crippen molar-refractivity contribution in [2.24, 2.45) is 5.84 Å². The first-order valence-electron chi connectivity index (χ1n) is 6.39. The van der Waals surface area contributed by atoms with E-state index >= 15 is 0 Å². The molecule has 20 heavy (non-hydrogen) atoms. The molecule has 0 aliphatic rings. The Morgan fingerprint density at radius 3 is 2.65 bits per heavy atom. The van der Waals surface area contributed by atoms with Gasteiger partial charge in [-0.15, -0.1) is 11.3 Å². The summed E-state index contributed by atoms with van der Waals surface area (Å²) in [6.45, 7) is 2.11. The number of fused-ring (bicyclic) bond motifs is 1. The van der Waals surface area contributed by atoms with Crippen LogP contribution >= 0.6 is 27.3 Å². The number of benzene rings is 2. The summed E-state index contributed by atoms with van der Waals surface area (Å²) in [5.74, 6) is 5.85. The third kappa shape index (κ3) is 2.29. The molecule has 1 unspecified atom stereocenters. The third-order valence-electron chi connectivity index (χ3n) is 3.61. The first kappa shape index (κ1) is 13.8. The highest BCUT2D eigenvalue weighted by molar-refractivity contribution is 9.10. The van der Waals surface area contributed by atoms with Crippen molar-refractivity contribution in [3.05, 3.63) is 69.0 Å². The van der Waals surface area contributed by atoms with Crippen LogP contribution in [0, 0.1) is 6.92 Å². The van der Waals surface area contributed by atoms with Gasteiger partial charge in [-0.2, -0.15) is 0 Å². The van der Waals surface area contributed by atoms with Gasteiger partial charge in [-0.25, -0.2) is 5.43 Å². The molecule has 1 aromatic heterocycles. The molecule has 4 heteroatoms. The van der Waals surface area contributed by atoms with Gasteiger partial charge in [0.2, 0.25) is 0 Å². The van der Waals surface area contributed by atoms with Crippen molar-refractivity contribution in [2.75, 3.05) is 0 Å². The molecular formula is C16H15BrN2S. The van der Waals surface area contributed by atoms with E-state index in [1.807, 2.05) is 6.07 Å². The fourth-order valence-corrected chi connectivity index (χ4v) is 3.85. The zero-order chi connectivity index (χ0) is 14.1. The van der Waals surface area contributed by atoms with Crippen LogP contribution in [0.3, 0.4) is 0 Å². The van der Waals surface area contributed by atoms with Crippen molar-refractivity contribution in [3.8, 4) is 0 Å². The van der Waals surface area contributed by atoms with E-state index in [9.17, 15) is 0 Å². The summed E-state index contributed by atoms with van der Waals surface area (Å²) >= 11 is 5.35. The monoisotopic (exact) mass is 346 g/mol. The lowest BCUT2D eigenvalue weighted by Gasteiger charge is -2.20. The smallest absolute Gasteiger partial charge is 0.0726 e. The minimum absolute atomic E-state index is 0.00477. The van der Waals surface area contributed by atoms with E-state index in [1.54, 1.807) is 11.3 Å². The zero-order valence-corrected chi connectivity index (χ0v) is 13.5. The topological polar surface area (TPSA) is 38.0 Å². The Labute approximate surface area is 130 Å². The van der Waals surface area contributed by atoms with Crippen LogP contribution in [0.2, 0.25) is 0 Å². The van der Waals surface area contributed by atoms with Gasteiger partial charge in [-0.05, 0) is 46.5 Å². The van der Waals surface area contributed by atoms with E-state index < -0.39 is 0 Å². The molecule has 0 bridgehead atoms. The first-order chi connectivity index (χ1) is 9.72. The second kappa shape index (κ2) is 5.66. The maximum Gasteiger partial charge on any atom is 0.0726 e. The normalized spacial score (nSPS) is 12.8. The molecule has 102 valence electrons. The number of hydrazine groups is 1. The zero-order valence-electron chi connectivity index (χ0n) is 11.1. The molecule has 3 aromatic rings. The van der Waals surface area contributed by atoms with Crippen LogP contribution in [0.25, 0.3) is 10.1 Å². The van der Waals surface area contributed by atoms with Crippen molar-refractivity contribution < 1.29 is 0 Å². The molecule has 0 saturated carbocycles. The first-order valence-corrected chi connectivity index (χ1v) is 8.07. The number of hydrogen-bond acceptors (Lipinski definition) is 3. The Morgan fingerprint density at radius 2 is 1.85 bits per heavy atom. The van der Waals surface area contributed by atoms with E-state index in [0.29, 0.717) is 0 Å². The predicted molar refractivity (Wildman–Crippen MR) is 89.9 cm³/mol. The molecule has 0 spiro atoms. The Bertz CT molecular complexity index is 751. The SMILES string of the molecule is Cc1c(Br)cccc1C(NN)c1cccc2ccsc12. The predicted octanol–water partition coefficient (Wildman–Crippen LogP) is 4.52. The van der Waals surface area contributed by atoms with Gasteiger partial charge >= 0.3 is 0 Å². The molecule has 2 nitrogen and oxygen atoms in total. The van der Waals surface area contributed by atoms with Crippen LogP contribution in [0.1, 0.15) is 22.7 Å². The van der Waals surface area contributed by atoms with Crippen molar-refractivity contribution in [1.29, 1.82) is 0 Å². The Balaban J connectivity index is 2.19. The van der Waals surface area contributed by atoms with E-state index in [0.717, 1.165) is 4.47 Å². The van der Waals surface area contributed by atoms with E-state index in [2.05, 4.69) is 70.1 Å². The number of nitrogens with one attached hydrogen (secondary N) is 1. The molecule has 3 N–H and O–H groups in total. The minimum atomic E-state index is -0.00477. The number of thiophene rings is 1. The van der Waals surface area contributed by atoms with Gasteiger partial charge in [0.1, 0.15) is 0 Å². The second-order valence-corrected chi connectivity index (χ2v) is 6.51. The lowest BCUT2D eigenvalue weighted by molar-refractivity contribution is 0.638. The molecule has 0 radical (unpaired) electrons. The summed E-state index contributed by atoms with van der Waals surface area (Å²) in [6, 6.07) is 14.7. The van der Waals surface area contributed by atoms with Crippen LogP contribution in [0.5, 0.6) is 0 Å². The number of halogens is 1. The molecule has 3 rings (SSSR count). The molecule has 0 saturated heterocycles. The summed E-state index contributed by atoms with van der Waals surface area (Å²) in [7, 11) is 0. The van der Waals surface area contributed by atoms with Crippen LogP contribution in [0.15, 0.2) is 52.3 Å². The summed E-state index contributed by atoms with van der Waals surface area (Å²) in [6.07, 6.45) is 0. The summed E-state index contributed by atoms with van der Waals surface area (Å²) < 4.78 is 2.39. The highest BCUT2D eigenvalue weighted by Crippen LogP contribution is 2.34. The quantitative estimate of drug-likeness (QED) is 0.540. The summed E-state index contributed by atoms with van der Waals surface area (Å²) in [4.78, 5) is 0. The van der Waals surface area contributed by atoms with E-state index in [1.165, 1.54) is 26.8 Å². The maximum atomic E-state index is 5.85. The van der Waals surface area contributed by atoms with Gasteiger partial charge in [-0.1, -0.05) is 46.3 Å². The van der Waals surface area contributed by atoms with Crippen molar-refractivity contribution >= 4 is 37.4 Å². The number of hydrogen-bond donors (Lipinski definition) is 2. The average Bonchev–Trinajstić information content (AvgIpc) is 2.93. The number of nitrogens with two attached hydrogens (primary N) is 1. The van der Waals surface area contributed by atoms with Crippen molar-refractivity contribution in [2.45, 2.75) is 13.0 Å². The maximum absolute atomic E-state index is 5.85. The lowest BCUT2D eigenvalue weighted by Crippen LogP contribution is -2.29. The van der Waals surface area contributed by atoms with Gasteiger partial charge in [0.15, 0.2) is 0 Å². The van der Waals surface area contributed by atoms with E-state index in [-0.39, 0.29) is 6.04 Å². The van der Waals surface area contributed by atoms with Crippen LogP contribution in [-0.4, -0.2) is 0 Å². The Morgan fingerprint density at radius 1 is 1.10 bits per heavy atom. The molecule has 1 heterocycles. The van der Waals surface area contributed by atoms with Crippen LogP contribution in [0.4, 0.5) is 0 Å². The fourth-order valence-electron chi connectivity index (χ4n) is 2.53. The molecular weight excluding hydrogens is 332 g/mol. The fraction of sp³-hybridized carbons (Fsp3) is 0.125. The standard InChI is InChI=1S/C16H15BrN2S/c1-10-12(5-3-7-14(10)17)15(19-18)13-6-2-4-11-8-9-20-16(11)13/h2-9,15,19H,18H2,1H3. The largest absolute Gasteiger partial charge is 0.271 e. The van der Waals surface area contributed by atoms with Gasteiger partial charge in [0, 0.05) is 9.17 Å². The number of rotatable bonds is 3. The Hall–Kier alpha value is -1.20. The molecule has 0 fully saturated rings. The molecule has 2 aromatic carbocycles. The van der Waals surface area contributed by atoms with Gasteiger partial charge in [0.25, 0.3) is 0 Å². The van der Waals surface area contributed by atoms with Crippen LogP contribution in [-0.2, 0) is 0 Å². The molecule has 0 amide bonds. The highest BCUT2D eigenvalue weighted by Gasteiger charge is 2.18. The van der Waals surface area contributed by atoms with Gasteiger partial charge in [-0.3, -0.25) is 5.84 Å². The van der Waals surface area contributed by atoms with Crippen molar-refractivity contribution in [1.82, 2.24) is 5.43 Å². The van der Waals surface area contributed by atoms with Gasteiger partial charge in [0.05, 0.1) is 6.04 Å². The minimum Gasteiger partial charge on any atom is -0.271 e. The Kier molecular flexibility index (Phi) is 3.89. The van der Waals surface area contributed by atoms with Crippen LogP contribution < -0.4 is 11.3 Å². The molecule has 0 aliphatic carbocycles. The third-order valence-corrected chi connectivity index (χ3v) is 5.45. The lowest BCUT2D eigenvalue weighted by atomic mass is 9.95. The summed E-state index contributed by atoms with van der Waals surface area (Å²) in [5.41, 5.74) is 6.60. The summed E-state index contributed by atoms with van der Waals surface area (Å²) in [5, 5.41) is 3.38. The molecule has 1 atom stereocenters. The second-order valence-electron chi connectivity index (χ2n) is 4.74. The highest BCUT2D eigenvalue weighted by atomic mass is 79.9. The molecule has 0 aliphatic heterocycles. The van der Waals surface area contributed by atoms with Gasteiger partial charge < -0.3 is 0 Å². The van der Waals surface area contributed by atoms with Crippen molar-refractivity contribution in [3.63, 3.8) is 0 Å². The average molecular weight is 347 g/mol.